The van der Waals surface area contributed by atoms with Gasteiger partial charge in [-0.2, -0.15) is 0 Å². The Bertz CT molecular complexity index is 829. The van der Waals surface area contributed by atoms with E-state index in [0.717, 1.165) is 19.4 Å². The number of para-hydroxylation sites is 1. The molecular weight excluding hydrogens is 302 g/mol. The van der Waals surface area contributed by atoms with Gasteiger partial charge in [-0.25, -0.2) is 0 Å². The number of hydrogen-bond acceptors (Lipinski definition) is 1. The standard InChI is InChI=1S/C24H27N/c1-18-16-24(2,3)17-21-14-19(15-22(18)21)8-6-12-25-13-7-10-20-9-4-5-11-23(20)25/h4-6,8-9,11-12,14-15H,1,7,10,13,16-17H2,2-3H3/b12-6+,19-8+. The van der Waals surface area contributed by atoms with Crippen molar-refractivity contribution < 1.29 is 0 Å². The summed E-state index contributed by atoms with van der Waals surface area (Å²) in [5, 5.41) is 0. The van der Waals surface area contributed by atoms with Crippen molar-refractivity contribution >= 4 is 5.69 Å². The number of anilines is 1. The van der Waals surface area contributed by atoms with Gasteiger partial charge in [0.25, 0.3) is 0 Å². The van der Waals surface area contributed by atoms with Gasteiger partial charge in [-0.1, -0.05) is 50.8 Å². The molecule has 1 aromatic rings. The zero-order valence-corrected chi connectivity index (χ0v) is 15.4. The lowest BCUT2D eigenvalue weighted by Gasteiger charge is -2.33. The molecule has 0 amide bonds. The fourth-order valence-electron chi connectivity index (χ4n) is 4.38. The highest BCUT2D eigenvalue weighted by molar-refractivity contribution is 5.62. The van der Waals surface area contributed by atoms with Gasteiger partial charge in [0, 0.05) is 18.4 Å². The largest absolute Gasteiger partial charge is 0.348 e. The third-order valence-electron chi connectivity index (χ3n) is 5.44. The average Bonchev–Trinajstić information content (AvgIpc) is 2.97. The molecule has 1 aromatic carbocycles. The Morgan fingerprint density at radius 1 is 1.12 bits per heavy atom. The smallest absolute Gasteiger partial charge is 0.0438 e. The lowest BCUT2D eigenvalue weighted by molar-refractivity contribution is 0.349. The maximum Gasteiger partial charge on any atom is 0.0438 e. The van der Waals surface area contributed by atoms with Gasteiger partial charge in [-0.05, 0) is 77.2 Å². The minimum atomic E-state index is 0.336. The summed E-state index contributed by atoms with van der Waals surface area (Å²) in [6.45, 7) is 10.1. The number of allylic oxidation sites excluding steroid dienone is 8. The van der Waals surface area contributed by atoms with E-state index in [2.05, 4.69) is 80.1 Å². The highest BCUT2D eigenvalue weighted by Gasteiger charge is 2.31. The third-order valence-corrected chi connectivity index (χ3v) is 5.44. The van der Waals surface area contributed by atoms with Gasteiger partial charge in [-0.15, -0.1) is 0 Å². The number of fused-ring (bicyclic) bond motifs is 2. The van der Waals surface area contributed by atoms with E-state index < -0.39 is 0 Å². The van der Waals surface area contributed by atoms with E-state index in [-0.39, 0.29) is 0 Å². The second-order valence-electron chi connectivity index (χ2n) is 8.28. The Hall–Kier alpha value is -2.28. The first-order valence-corrected chi connectivity index (χ1v) is 9.36. The van der Waals surface area contributed by atoms with Crippen molar-refractivity contribution in [1.82, 2.24) is 0 Å². The van der Waals surface area contributed by atoms with Crippen molar-refractivity contribution in [2.45, 2.75) is 39.5 Å². The Morgan fingerprint density at radius 2 is 1.96 bits per heavy atom. The van der Waals surface area contributed by atoms with E-state index in [1.54, 1.807) is 0 Å². The third kappa shape index (κ3) is 3.28. The fraction of sp³-hybridized carbons (Fsp3) is 0.333. The quantitative estimate of drug-likeness (QED) is 0.631. The summed E-state index contributed by atoms with van der Waals surface area (Å²) in [7, 11) is 0. The molecule has 1 aliphatic heterocycles. The molecule has 0 atom stereocenters. The molecule has 0 bridgehead atoms. The summed E-state index contributed by atoms with van der Waals surface area (Å²) in [5.41, 5.74) is 8.58. The molecule has 25 heavy (non-hydrogen) atoms. The van der Waals surface area contributed by atoms with Crippen LogP contribution in [0.4, 0.5) is 5.69 Å². The van der Waals surface area contributed by atoms with Crippen molar-refractivity contribution in [3.8, 4) is 0 Å². The first-order valence-electron chi connectivity index (χ1n) is 9.36. The molecule has 2 aliphatic carbocycles. The number of rotatable bonds is 2. The summed E-state index contributed by atoms with van der Waals surface area (Å²) in [6.07, 6.45) is 16.0. The summed E-state index contributed by atoms with van der Waals surface area (Å²) in [4.78, 5) is 2.38. The topological polar surface area (TPSA) is 3.24 Å². The molecule has 4 rings (SSSR count). The molecule has 3 aliphatic rings. The van der Waals surface area contributed by atoms with Crippen molar-refractivity contribution in [2.75, 3.05) is 11.4 Å². The van der Waals surface area contributed by atoms with Crippen LogP contribution < -0.4 is 4.90 Å². The molecule has 1 heteroatoms. The lowest BCUT2D eigenvalue weighted by atomic mass is 9.72. The first kappa shape index (κ1) is 16.2. The van der Waals surface area contributed by atoms with Crippen LogP contribution in [0.25, 0.3) is 0 Å². The molecule has 1 fully saturated rings. The zero-order valence-electron chi connectivity index (χ0n) is 15.4. The highest BCUT2D eigenvalue weighted by Crippen LogP contribution is 2.46. The monoisotopic (exact) mass is 329 g/mol. The Kier molecular flexibility index (Phi) is 4.03. The Labute approximate surface area is 151 Å². The van der Waals surface area contributed by atoms with Gasteiger partial charge >= 0.3 is 0 Å². The SMILES string of the molecule is C=C1CC(C)(C)CC2=C/C(=C\C=C\N3CCCc4ccccc43)C=C12. The van der Waals surface area contributed by atoms with E-state index in [0.29, 0.717) is 5.41 Å². The summed E-state index contributed by atoms with van der Waals surface area (Å²) in [6, 6.07) is 8.75. The van der Waals surface area contributed by atoms with Crippen molar-refractivity contribution in [3.63, 3.8) is 0 Å². The van der Waals surface area contributed by atoms with E-state index in [1.807, 2.05) is 0 Å². The van der Waals surface area contributed by atoms with Crippen molar-refractivity contribution in [1.29, 1.82) is 0 Å². The van der Waals surface area contributed by atoms with Crippen LogP contribution >= 0.6 is 0 Å². The predicted octanol–water partition coefficient (Wildman–Crippen LogP) is 6.12. The molecule has 0 spiro atoms. The minimum absolute atomic E-state index is 0.336. The number of nitrogens with zero attached hydrogens (tertiary/aromatic N) is 1. The van der Waals surface area contributed by atoms with E-state index >= 15 is 0 Å². The first-order chi connectivity index (χ1) is 12.0. The van der Waals surface area contributed by atoms with E-state index in [9.17, 15) is 0 Å². The molecule has 0 N–H and O–H groups in total. The highest BCUT2D eigenvalue weighted by atomic mass is 15.1. The second kappa shape index (κ2) is 6.22. The maximum atomic E-state index is 4.30. The zero-order chi connectivity index (χ0) is 17.4. The van der Waals surface area contributed by atoms with Crippen LogP contribution in [0.15, 0.2) is 83.6 Å². The second-order valence-corrected chi connectivity index (χ2v) is 8.28. The van der Waals surface area contributed by atoms with Crippen LogP contribution in [0.5, 0.6) is 0 Å². The van der Waals surface area contributed by atoms with Gasteiger partial charge in [0.2, 0.25) is 0 Å². The average molecular weight is 329 g/mol. The predicted molar refractivity (Wildman–Crippen MR) is 108 cm³/mol. The Morgan fingerprint density at radius 3 is 2.84 bits per heavy atom. The molecule has 1 saturated carbocycles. The van der Waals surface area contributed by atoms with Crippen LogP contribution in [0.1, 0.15) is 38.7 Å². The van der Waals surface area contributed by atoms with Gasteiger partial charge in [0.05, 0.1) is 0 Å². The molecule has 1 heterocycles. The van der Waals surface area contributed by atoms with Gasteiger partial charge in [0.1, 0.15) is 0 Å². The van der Waals surface area contributed by atoms with Gasteiger partial charge in [0.15, 0.2) is 0 Å². The lowest BCUT2D eigenvalue weighted by Crippen LogP contribution is -2.23. The Balaban J connectivity index is 1.53. The van der Waals surface area contributed by atoms with Crippen LogP contribution in [0.3, 0.4) is 0 Å². The summed E-state index contributed by atoms with van der Waals surface area (Å²) >= 11 is 0. The minimum Gasteiger partial charge on any atom is -0.348 e. The number of benzene rings is 1. The van der Waals surface area contributed by atoms with E-state index in [4.69, 9.17) is 0 Å². The molecule has 0 saturated heterocycles. The van der Waals surface area contributed by atoms with Crippen molar-refractivity contribution in [3.05, 3.63) is 89.2 Å². The summed E-state index contributed by atoms with van der Waals surface area (Å²) in [5.74, 6) is 0. The molecular formula is C24H27N. The number of hydrogen-bond donors (Lipinski definition) is 0. The molecule has 128 valence electrons. The van der Waals surface area contributed by atoms with Crippen LogP contribution in [0.2, 0.25) is 0 Å². The summed E-state index contributed by atoms with van der Waals surface area (Å²) < 4.78 is 0. The fourth-order valence-corrected chi connectivity index (χ4v) is 4.38. The van der Waals surface area contributed by atoms with Gasteiger partial charge < -0.3 is 4.90 Å². The van der Waals surface area contributed by atoms with Gasteiger partial charge in [-0.3, -0.25) is 0 Å². The van der Waals surface area contributed by atoms with Crippen molar-refractivity contribution in [2.24, 2.45) is 5.41 Å². The molecule has 0 unspecified atom stereocenters. The normalized spacial score (nSPS) is 23.5. The molecule has 0 aromatic heterocycles. The molecule has 1 nitrogen and oxygen atoms in total. The molecule has 0 radical (unpaired) electrons. The van der Waals surface area contributed by atoms with E-state index in [1.165, 1.54) is 46.4 Å². The maximum absolute atomic E-state index is 4.30. The van der Waals surface area contributed by atoms with Crippen LogP contribution in [0, 0.1) is 5.41 Å². The van der Waals surface area contributed by atoms with Crippen LogP contribution in [-0.4, -0.2) is 6.54 Å². The van der Waals surface area contributed by atoms with Crippen LogP contribution in [-0.2, 0) is 6.42 Å². The number of aryl methyl sites for hydroxylation is 1.